The van der Waals surface area contributed by atoms with Crippen molar-refractivity contribution in [2.75, 3.05) is 26.2 Å². The molecule has 162 valence electrons. The SMILES string of the molecule is Cn1cc(S(=O)(=O)N2CCN(C(=O)c3ccccc3OC(F)F)CC2)cc1C(N)=O. The van der Waals surface area contributed by atoms with Gasteiger partial charge >= 0.3 is 6.61 Å². The summed E-state index contributed by atoms with van der Waals surface area (Å²) in [6, 6.07) is 6.84. The molecule has 0 aliphatic carbocycles. The van der Waals surface area contributed by atoms with Gasteiger partial charge in [0.15, 0.2) is 0 Å². The molecule has 30 heavy (non-hydrogen) atoms. The number of nitrogens with zero attached hydrogens (tertiary/aromatic N) is 3. The Morgan fingerprint density at radius 2 is 1.77 bits per heavy atom. The number of amides is 2. The Balaban J connectivity index is 1.72. The van der Waals surface area contributed by atoms with E-state index >= 15 is 0 Å². The van der Waals surface area contributed by atoms with E-state index in [4.69, 9.17) is 5.73 Å². The van der Waals surface area contributed by atoms with Gasteiger partial charge in [-0.3, -0.25) is 9.59 Å². The molecule has 1 aliphatic rings. The number of hydrogen-bond acceptors (Lipinski definition) is 5. The van der Waals surface area contributed by atoms with Crippen LogP contribution in [0.1, 0.15) is 20.8 Å². The maximum Gasteiger partial charge on any atom is 0.387 e. The Morgan fingerprint density at radius 1 is 1.13 bits per heavy atom. The van der Waals surface area contributed by atoms with E-state index in [1.54, 1.807) is 0 Å². The summed E-state index contributed by atoms with van der Waals surface area (Å²) in [4.78, 5) is 25.4. The Morgan fingerprint density at radius 3 is 2.33 bits per heavy atom. The molecule has 2 aromatic rings. The van der Waals surface area contributed by atoms with Crippen LogP contribution in [0, 0.1) is 0 Å². The van der Waals surface area contributed by atoms with Gasteiger partial charge in [0.2, 0.25) is 10.0 Å². The van der Waals surface area contributed by atoms with Crippen molar-refractivity contribution >= 4 is 21.8 Å². The summed E-state index contributed by atoms with van der Waals surface area (Å²) in [7, 11) is -2.38. The van der Waals surface area contributed by atoms with Crippen molar-refractivity contribution in [2.24, 2.45) is 12.8 Å². The van der Waals surface area contributed by atoms with Gasteiger partial charge in [0.05, 0.1) is 5.56 Å². The number of carbonyl (C=O) groups is 2. The number of halogens is 2. The van der Waals surface area contributed by atoms with Crippen LogP contribution in [-0.4, -0.2) is 66.8 Å². The number of nitrogens with two attached hydrogens (primary N) is 1. The number of alkyl halides is 2. The van der Waals surface area contributed by atoms with Crippen molar-refractivity contribution in [1.82, 2.24) is 13.8 Å². The second-order valence-electron chi connectivity index (χ2n) is 6.61. The van der Waals surface area contributed by atoms with Crippen LogP contribution >= 0.6 is 0 Å². The van der Waals surface area contributed by atoms with E-state index in [2.05, 4.69) is 4.74 Å². The largest absolute Gasteiger partial charge is 0.434 e. The third-order valence-corrected chi connectivity index (χ3v) is 6.59. The molecule has 0 radical (unpaired) electrons. The average Bonchev–Trinajstić information content (AvgIpc) is 3.10. The Bertz CT molecular complexity index is 1060. The number of primary amides is 1. The number of para-hydroxylation sites is 1. The van der Waals surface area contributed by atoms with Crippen LogP contribution in [0.2, 0.25) is 0 Å². The summed E-state index contributed by atoms with van der Waals surface area (Å²) in [6.45, 7) is -2.93. The van der Waals surface area contributed by atoms with E-state index in [0.717, 1.165) is 0 Å². The zero-order valence-corrected chi connectivity index (χ0v) is 16.8. The van der Waals surface area contributed by atoms with Gasteiger partial charge in [-0.2, -0.15) is 13.1 Å². The monoisotopic (exact) mass is 442 g/mol. The normalized spacial score (nSPS) is 15.4. The molecule has 2 amide bonds. The van der Waals surface area contributed by atoms with E-state index in [1.165, 1.54) is 57.3 Å². The molecular weight excluding hydrogens is 422 g/mol. The van der Waals surface area contributed by atoms with E-state index in [1.807, 2.05) is 0 Å². The first-order valence-corrected chi connectivity index (χ1v) is 10.3. The van der Waals surface area contributed by atoms with Crippen molar-refractivity contribution in [1.29, 1.82) is 0 Å². The maximum atomic E-state index is 12.9. The highest BCUT2D eigenvalue weighted by atomic mass is 32.2. The Hall–Kier alpha value is -2.99. The molecule has 0 unspecified atom stereocenters. The number of ether oxygens (including phenoxy) is 1. The fourth-order valence-electron chi connectivity index (χ4n) is 3.21. The zero-order chi connectivity index (χ0) is 22.1. The third-order valence-electron chi connectivity index (χ3n) is 4.73. The molecule has 1 fully saturated rings. The summed E-state index contributed by atoms with van der Waals surface area (Å²) in [5.41, 5.74) is 5.26. The number of benzene rings is 1. The van der Waals surface area contributed by atoms with E-state index < -0.39 is 28.4 Å². The molecule has 0 spiro atoms. The molecule has 1 saturated heterocycles. The second-order valence-corrected chi connectivity index (χ2v) is 8.55. The molecule has 0 atom stereocenters. The smallest absolute Gasteiger partial charge is 0.387 e. The number of hydrogen-bond donors (Lipinski definition) is 1. The van der Waals surface area contributed by atoms with Crippen LogP contribution in [0.4, 0.5) is 8.78 Å². The number of piperazine rings is 1. The van der Waals surface area contributed by atoms with Gasteiger partial charge in [0.25, 0.3) is 11.8 Å². The van der Waals surface area contributed by atoms with Gasteiger partial charge in [0, 0.05) is 39.4 Å². The first kappa shape index (κ1) is 21.7. The van der Waals surface area contributed by atoms with Crippen LogP contribution in [-0.2, 0) is 17.1 Å². The van der Waals surface area contributed by atoms with Crippen LogP contribution in [0.5, 0.6) is 5.75 Å². The Kier molecular flexibility index (Phi) is 6.08. The van der Waals surface area contributed by atoms with Crippen LogP contribution in [0.25, 0.3) is 0 Å². The minimum Gasteiger partial charge on any atom is -0.434 e. The number of aryl methyl sites for hydroxylation is 1. The molecule has 0 bridgehead atoms. The molecule has 1 aliphatic heterocycles. The van der Waals surface area contributed by atoms with Gasteiger partial charge in [0.1, 0.15) is 16.3 Å². The minimum absolute atomic E-state index is 0.00669. The molecule has 9 nitrogen and oxygen atoms in total. The molecular formula is C18H20F2N4O5S. The molecule has 2 heterocycles. The first-order chi connectivity index (χ1) is 14.1. The van der Waals surface area contributed by atoms with Crippen molar-refractivity contribution in [3.63, 3.8) is 0 Å². The van der Waals surface area contributed by atoms with Crippen molar-refractivity contribution < 1.29 is 31.5 Å². The lowest BCUT2D eigenvalue weighted by molar-refractivity contribution is -0.0503. The third kappa shape index (κ3) is 4.28. The predicted molar refractivity (Wildman–Crippen MR) is 102 cm³/mol. The highest BCUT2D eigenvalue weighted by Gasteiger charge is 2.32. The predicted octanol–water partition coefficient (Wildman–Crippen LogP) is 0.872. The lowest BCUT2D eigenvalue weighted by Gasteiger charge is -2.34. The number of sulfonamides is 1. The highest BCUT2D eigenvalue weighted by molar-refractivity contribution is 7.89. The van der Waals surface area contributed by atoms with Gasteiger partial charge in [-0.25, -0.2) is 8.42 Å². The quantitative estimate of drug-likeness (QED) is 0.713. The lowest BCUT2D eigenvalue weighted by Crippen LogP contribution is -2.50. The van der Waals surface area contributed by atoms with E-state index in [9.17, 15) is 26.8 Å². The summed E-state index contributed by atoms with van der Waals surface area (Å²) >= 11 is 0. The van der Waals surface area contributed by atoms with Crippen molar-refractivity contribution in [3.05, 3.63) is 47.8 Å². The highest BCUT2D eigenvalue weighted by Crippen LogP contribution is 2.24. The zero-order valence-electron chi connectivity index (χ0n) is 16.0. The molecule has 1 aromatic carbocycles. The summed E-state index contributed by atoms with van der Waals surface area (Å²) in [5.74, 6) is -1.52. The van der Waals surface area contributed by atoms with Crippen LogP contribution in [0.15, 0.2) is 41.4 Å². The molecule has 2 N–H and O–H groups in total. The van der Waals surface area contributed by atoms with Gasteiger partial charge in [-0.15, -0.1) is 0 Å². The van der Waals surface area contributed by atoms with E-state index in [0.29, 0.717) is 0 Å². The number of carbonyl (C=O) groups excluding carboxylic acids is 2. The molecule has 3 rings (SSSR count). The van der Waals surface area contributed by atoms with Crippen LogP contribution < -0.4 is 10.5 Å². The van der Waals surface area contributed by atoms with Crippen molar-refractivity contribution in [2.45, 2.75) is 11.5 Å². The summed E-state index contributed by atoms with van der Waals surface area (Å²) < 4.78 is 57.8. The minimum atomic E-state index is -3.89. The molecule has 0 saturated carbocycles. The molecule has 1 aromatic heterocycles. The second kappa shape index (κ2) is 8.40. The first-order valence-electron chi connectivity index (χ1n) is 8.90. The Labute approximate surface area is 171 Å². The summed E-state index contributed by atoms with van der Waals surface area (Å²) in [6.07, 6.45) is 1.30. The van der Waals surface area contributed by atoms with E-state index in [-0.39, 0.29) is 48.1 Å². The van der Waals surface area contributed by atoms with Crippen molar-refractivity contribution in [3.8, 4) is 5.75 Å². The maximum absolute atomic E-state index is 12.9. The fraction of sp³-hybridized carbons (Fsp3) is 0.333. The molecule has 12 heteroatoms. The lowest BCUT2D eigenvalue weighted by atomic mass is 10.1. The van der Waals surface area contributed by atoms with Gasteiger partial charge in [-0.05, 0) is 18.2 Å². The van der Waals surface area contributed by atoms with Gasteiger partial charge < -0.3 is 19.9 Å². The standard InChI is InChI=1S/C18H20F2N4O5S/c1-22-11-12(10-14(22)16(21)25)30(27,28)24-8-6-23(7-9-24)17(26)13-4-2-3-5-15(13)29-18(19)20/h2-5,10-11,18H,6-9H2,1H3,(H2,21,25). The average molecular weight is 442 g/mol. The summed E-state index contributed by atoms with van der Waals surface area (Å²) in [5, 5.41) is 0. The fourth-order valence-corrected chi connectivity index (χ4v) is 4.71. The van der Waals surface area contributed by atoms with Crippen LogP contribution in [0.3, 0.4) is 0 Å². The number of rotatable bonds is 6. The van der Waals surface area contributed by atoms with Gasteiger partial charge in [-0.1, -0.05) is 12.1 Å². The topological polar surface area (TPSA) is 115 Å². The number of aromatic nitrogens is 1.